The molecule has 0 aromatic heterocycles. The Morgan fingerprint density at radius 2 is 1.88 bits per heavy atom. The van der Waals surface area contributed by atoms with Gasteiger partial charge in [0.25, 0.3) is 0 Å². The van der Waals surface area contributed by atoms with Crippen LogP contribution >= 0.6 is 0 Å². The molecule has 1 saturated carbocycles. The number of ether oxygens (including phenoxy) is 1. The summed E-state index contributed by atoms with van der Waals surface area (Å²) in [7, 11) is 3.07. The molecule has 1 aromatic rings. The molecule has 0 radical (unpaired) electrons. The quantitative estimate of drug-likeness (QED) is 0.704. The second-order valence-electron chi connectivity index (χ2n) is 9.06. The molecule has 1 aromatic carbocycles. The predicted octanol–water partition coefficient (Wildman–Crippen LogP) is 2.45. The topological polar surface area (TPSA) is 79.0 Å². The molecule has 2 aliphatic rings. The highest BCUT2D eigenvalue weighted by Crippen LogP contribution is 2.34. The molecule has 3 rings (SSSR count). The van der Waals surface area contributed by atoms with E-state index in [0.29, 0.717) is 25.5 Å². The van der Waals surface area contributed by atoms with Crippen molar-refractivity contribution in [2.75, 3.05) is 27.2 Å². The molecular weight excluding hydrogens is 413 g/mol. The summed E-state index contributed by atoms with van der Waals surface area (Å²) in [4.78, 5) is 39.5. The number of amides is 3. The summed E-state index contributed by atoms with van der Waals surface area (Å²) in [6.07, 6.45) is 5.09. The molecule has 1 saturated heterocycles. The third kappa shape index (κ3) is 6.06. The predicted molar refractivity (Wildman–Crippen MR) is 118 cm³/mol. The standard InChI is InChI=1S/C24H34FN3O4/c1-16(29)28-13-5-8-21(26-23(30)24(31)27(2)3)22(28)15-32-20-11-9-17(10-12-20)18-6-4-7-19(25)14-18/h4,6-7,14,17,20-22H,5,8-13,15H2,1-3H3,(H,26,30)/t17?,20?,21-,22-/m0/s1. The number of carbonyl (C=O) groups excluding carboxylic acids is 3. The van der Waals surface area contributed by atoms with Crippen LogP contribution in [-0.2, 0) is 19.1 Å². The van der Waals surface area contributed by atoms with E-state index in [1.807, 2.05) is 6.07 Å². The van der Waals surface area contributed by atoms with Gasteiger partial charge in [0, 0.05) is 27.6 Å². The summed E-state index contributed by atoms with van der Waals surface area (Å²) in [6, 6.07) is 6.17. The molecule has 0 spiro atoms. The van der Waals surface area contributed by atoms with E-state index in [1.54, 1.807) is 17.0 Å². The first-order valence-corrected chi connectivity index (χ1v) is 11.4. The van der Waals surface area contributed by atoms with Crippen LogP contribution in [0.4, 0.5) is 4.39 Å². The fourth-order valence-electron chi connectivity index (χ4n) is 4.81. The molecule has 1 aliphatic heterocycles. The molecule has 1 N–H and O–H groups in total. The van der Waals surface area contributed by atoms with E-state index in [0.717, 1.165) is 37.7 Å². The molecular formula is C24H34FN3O4. The molecule has 2 fully saturated rings. The van der Waals surface area contributed by atoms with Crippen LogP contribution in [0.5, 0.6) is 0 Å². The first-order valence-electron chi connectivity index (χ1n) is 11.4. The molecule has 32 heavy (non-hydrogen) atoms. The molecule has 2 atom stereocenters. The molecule has 0 bridgehead atoms. The number of rotatable bonds is 5. The van der Waals surface area contributed by atoms with E-state index in [4.69, 9.17) is 4.74 Å². The summed E-state index contributed by atoms with van der Waals surface area (Å²) in [5.41, 5.74) is 1.03. The zero-order valence-corrected chi connectivity index (χ0v) is 19.2. The van der Waals surface area contributed by atoms with Gasteiger partial charge in [-0.1, -0.05) is 12.1 Å². The zero-order valence-electron chi connectivity index (χ0n) is 19.2. The lowest BCUT2D eigenvalue weighted by atomic mass is 9.82. The summed E-state index contributed by atoms with van der Waals surface area (Å²) in [5.74, 6) is -1.21. The second kappa shape index (κ2) is 10.9. The number of hydrogen-bond donors (Lipinski definition) is 1. The maximum atomic E-state index is 13.5. The zero-order chi connectivity index (χ0) is 23.3. The number of hydrogen-bond acceptors (Lipinski definition) is 4. The first kappa shape index (κ1) is 24.2. The van der Waals surface area contributed by atoms with E-state index < -0.39 is 11.8 Å². The van der Waals surface area contributed by atoms with Crippen LogP contribution in [0.25, 0.3) is 0 Å². The number of halogens is 1. The van der Waals surface area contributed by atoms with Crippen LogP contribution in [0, 0.1) is 5.82 Å². The monoisotopic (exact) mass is 447 g/mol. The van der Waals surface area contributed by atoms with Gasteiger partial charge in [0.2, 0.25) is 5.91 Å². The lowest BCUT2D eigenvalue weighted by molar-refractivity contribution is -0.146. The van der Waals surface area contributed by atoms with E-state index in [9.17, 15) is 18.8 Å². The molecule has 176 valence electrons. The average Bonchev–Trinajstić information content (AvgIpc) is 2.77. The number of carbonyl (C=O) groups is 3. The number of nitrogens with zero attached hydrogens (tertiary/aromatic N) is 2. The van der Waals surface area contributed by atoms with Crippen molar-refractivity contribution >= 4 is 17.7 Å². The molecule has 1 heterocycles. The minimum atomic E-state index is -0.661. The third-order valence-corrected chi connectivity index (χ3v) is 6.60. The Labute approximate surface area is 189 Å². The Balaban J connectivity index is 1.58. The first-order chi connectivity index (χ1) is 15.3. The molecule has 7 nitrogen and oxygen atoms in total. The summed E-state index contributed by atoms with van der Waals surface area (Å²) in [5, 5.41) is 2.82. The average molecular weight is 448 g/mol. The Morgan fingerprint density at radius 1 is 1.16 bits per heavy atom. The summed E-state index contributed by atoms with van der Waals surface area (Å²) < 4.78 is 19.8. The second-order valence-corrected chi connectivity index (χ2v) is 9.06. The van der Waals surface area contributed by atoms with Gasteiger partial charge in [0.1, 0.15) is 5.82 Å². The van der Waals surface area contributed by atoms with Crippen LogP contribution in [0.3, 0.4) is 0 Å². The maximum absolute atomic E-state index is 13.5. The van der Waals surface area contributed by atoms with Crippen LogP contribution in [0.15, 0.2) is 24.3 Å². The van der Waals surface area contributed by atoms with Crippen molar-refractivity contribution in [3.63, 3.8) is 0 Å². The van der Waals surface area contributed by atoms with Gasteiger partial charge in [-0.15, -0.1) is 0 Å². The molecule has 1 aliphatic carbocycles. The van der Waals surface area contributed by atoms with Gasteiger partial charge in [-0.05, 0) is 62.1 Å². The number of nitrogens with one attached hydrogen (secondary N) is 1. The normalized spacial score (nSPS) is 25.8. The van der Waals surface area contributed by atoms with Gasteiger partial charge in [0.15, 0.2) is 0 Å². The fraction of sp³-hybridized carbons (Fsp3) is 0.625. The number of likely N-dealkylation sites (tertiary alicyclic amines) is 1. The van der Waals surface area contributed by atoms with E-state index in [-0.39, 0.29) is 29.9 Å². The molecule has 8 heteroatoms. The van der Waals surface area contributed by atoms with Crippen molar-refractivity contribution in [3.05, 3.63) is 35.6 Å². The Hall–Kier alpha value is -2.48. The minimum Gasteiger partial charge on any atom is -0.376 e. The Kier molecular flexibility index (Phi) is 8.23. The van der Waals surface area contributed by atoms with Gasteiger partial charge < -0.3 is 19.9 Å². The van der Waals surface area contributed by atoms with E-state index in [2.05, 4.69) is 5.32 Å². The number of likely N-dealkylation sites (N-methyl/N-ethyl adjacent to an activating group) is 1. The Morgan fingerprint density at radius 3 is 2.50 bits per heavy atom. The largest absolute Gasteiger partial charge is 0.376 e. The van der Waals surface area contributed by atoms with Crippen molar-refractivity contribution in [1.29, 1.82) is 0 Å². The summed E-state index contributed by atoms with van der Waals surface area (Å²) in [6.45, 7) is 2.45. The smallest absolute Gasteiger partial charge is 0.311 e. The van der Waals surface area contributed by atoms with Gasteiger partial charge in [0.05, 0.1) is 24.8 Å². The van der Waals surface area contributed by atoms with E-state index in [1.165, 1.54) is 32.0 Å². The van der Waals surface area contributed by atoms with Crippen molar-refractivity contribution in [2.24, 2.45) is 0 Å². The SMILES string of the molecule is CC(=O)N1CCC[C@H](NC(=O)C(=O)N(C)C)[C@@H]1COC1CCC(c2cccc(F)c2)CC1. The van der Waals surface area contributed by atoms with Gasteiger partial charge in [-0.25, -0.2) is 4.39 Å². The number of piperidine rings is 1. The third-order valence-electron chi connectivity index (χ3n) is 6.60. The van der Waals surface area contributed by atoms with Crippen LogP contribution < -0.4 is 5.32 Å². The van der Waals surface area contributed by atoms with Crippen LogP contribution in [0.1, 0.15) is 56.9 Å². The van der Waals surface area contributed by atoms with Crippen molar-refractivity contribution < 1.29 is 23.5 Å². The fourth-order valence-corrected chi connectivity index (χ4v) is 4.81. The highest BCUT2D eigenvalue weighted by molar-refractivity contribution is 6.34. The number of benzene rings is 1. The molecule has 3 amide bonds. The molecule has 0 unspecified atom stereocenters. The lowest BCUT2D eigenvalue weighted by Crippen LogP contribution is -2.60. The van der Waals surface area contributed by atoms with Crippen LogP contribution in [-0.4, -0.2) is 73.0 Å². The van der Waals surface area contributed by atoms with Gasteiger partial charge in [-0.3, -0.25) is 14.4 Å². The van der Waals surface area contributed by atoms with Crippen molar-refractivity contribution in [1.82, 2.24) is 15.1 Å². The van der Waals surface area contributed by atoms with Crippen LogP contribution in [0.2, 0.25) is 0 Å². The van der Waals surface area contributed by atoms with Crippen molar-refractivity contribution in [3.8, 4) is 0 Å². The van der Waals surface area contributed by atoms with E-state index >= 15 is 0 Å². The minimum absolute atomic E-state index is 0.0636. The lowest BCUT2D eigenvalue weighted by Gasteiger charge is -2.42. The van der Waals surface area contributed by atoms with Gasteiger partial charge in [-0.2, -0.15) is 0 Å². The highest BCUT2D eigenvalue weighted by atomic mass is 19.1. The Bertz CT molecular complexity index is 823. The van der Waals surface area contributed by atoms with Gasteiger partial charge >= 0.3 is 11.8 Å². The highest BCUT2D eigenvalue weighted by Gasteiger charge is 2.36. The van der Waals surface area contributed by atoms with Crippen molar-refractivity contribution in [2.45, 2.75) is 69.6 Å². The summed E-state index contributed by atoms with van der Waals surface area (Å²) >= 11 is 0. The maximum Gasteiger partial charge on any atom is 0.311 e.